The third-order valence-electron chi connectivity index (χ3n) is 4.15. The minimum atomic E-state index is -0.358. The first kappa shape index (κ1) is 19.4. The van der Waals surface area contributed by atoms with Crippen LogP contribution in [0.3, 0.4) is 0 Å². The lowest BCUT2D eigenvalue weighted by atomic mass is 10.1. The van der Waals surface area contributed by atoms with E-state index >= 15 is 0 Å². The number of nitrogens with zero attached hydrogens (tertiary/aromatic N) is 2. The minimum Gasteiger partial charge on any atom is -0.350 e. The second kappa shape index (κ2) is 8.55. The van der Waals surface area contributed by atoms with E-state index in [-0.39, 0.29) is 30.1 Å². The van der Waals surface area contributed by atoms with Gasteiger partial charge >= 0.3 is 0 Å². The SMILES string of the molecule is Cc1ccc(C=C2SC(=O)N(CCNC(=O)c3ccc(C#N)cc3)C2=O)cc1. The number of imide groups is 1. The molecule has 7 heteroatoms. The molecule has 0 atom stereocenters. The molecule has 0 aliphatic carbocycles. The lowest BCUT2D eigenvalue weighted by Gasteiger charge is -2.13. The van der Waals surface area contributed by atoms with E-state index in [1.165, 1.54) is 0 Å². The molecule has 1 N–H and O–H groups in total. The maximum absolute atomic E-state index is 12.5. The van der Waals surface area contributed by atoms with E-state index in [1.54, 1.807) is 30.3 Å². The Morgan fingerprint density at radius 3 is 2.46 bits per heavy atom. The van der Waals surface area contributed by atoms with Gasteiger partial charge in [0, 0.05) is 18.7 Å². The Morgan fingerprint density at radius 1 is 1.14 bits per heavy atom. The largest absolute Gasteiger partial charge is 0.350 e. The van der Waals surface area contributed by atoms with Crippen LogP contribution in [0.2, 0.25) is 0 Å². The standard InChI is InChI=1S/C21H17N3O3S/c1-14-2-4-15(5-3-14)12-18-20(26)24(21(27)28-18)11-10-23-19(25)17-8-6-16(13-22)7-9-17/h2-9,12H,10-11H2,1H3,(H,23,25). The number of thioether (sulfide) groups is 1. The molecule has 6 nitrogen and oxygen atoms in total. The number of benzene rings is 2. The highest BCUT2D eigenvalue weighted by molar-refractivity contribution is 8.18. The van der Waals surface area contributed by atoms with Crippen LogP contribution < -0.4 is 5.32 Å². The summed E-state index contributed by atoms with van der Waals surface area (Å²) in [6.07, 6.45) is 1.69. The summed E-state index contributed by atoms with van der Waals surface area (Å²) < 4.78 is 0. The Bertz CT molecular complexity index is 989. The molecule has 0 unspecified atom stereocenters. The molecule has 140 valence electrons. The minimum absolute atomic E-state index is 0.0952. The Labute approximate surface area is 166 Å². The normalized spacial score (nSPS) is 15.0. The van der Waals surface area contributed by atoms with Crippen molar-refractivity contribution < 1.29 is 14.4 Å². The highest BCUT2D eigenvalue weighted by Crippen LogP contribution is 2.31. The lowest BCUT2D eigenvalue weighted by Crippen LogP contribution is -2.37. The van der Waals surface area contributed by atoms with Gasteiger partial charge in [-0.25, -0.2) is 0 Å². The zero-order valence-electron chi connectivity index (χ0n) is 15.1. The maximum atomic E-state index is 12.5. The van der Waals surface area contributed by atoms with Crippen molar-refractivity contribution >= 4 is 34.9 Å². The molecule has 1 heterocycles. The van der Waals surface area contributed by atoms with Gasteiger partial charge in [-0.05, 0) is 54.6 Å². The number of aryl methyl sites for hydroxylation is 1. The fourth-order valence-corrected chi connectivity index (χ4v) is 3.45. The molecule has 3 amide bonds. The van der Waals surface area contributed by atoms with Gasteiger partial charge in [-0.3, -0.25) is 19.3 Å². The van der Waals surface area contributed by atoms with E-state index in [0.29, 0.717) is 16.0 Å². The van der Waals surface area contributed by atoms with Crippen LogP contribution >= 0.6 is 11.8 Å². The van der Waals surface area contributed by atoms with Gasteiger partial charge in [0.2, 0.25) is 0 Å². The van der Waals surface area contributed by atoms with Gasteiger partial charge in [0.1, 0.15) is 0 Å². The van der Waals surface area contributed by atoms with E-state index in [9.17, 15) is 14.4 Å². The number of hydrogen-bond acceptors (Lipinski definition) is 5. The fourth-order valence-electron chi connectivity index (χ4n) is 2.59. The molecule has 2 aromatic carbocycles. The predicted molar refractivity (Wildman–Crippen MR) is 107 cm³/mol. The topological polar surface area (TPSA) is 90.3 Å². The highest BCUT2D eigenvalue weighted by Gasteiger charge is 2.34. The molecule has 1 saturated heterocycles. The Morgan fingerprint density at radius 2 is 1.82 bits per heavy atom. The monoisotopic (exact) mass is 391 g/mol. The van der Waals surface area contributed by atoms with E-state index in [2.05, 4.69) is 5.32 Å². The van der Waals surface area contributed by atoms with Crippen molar-refractivity contribution in [3.8, 4) is 6.07 Å². The second-order valence-corrected chi connectivity index (χ2v) is 7.18. The molecule has 28 heavy (non-hydrogen) atoms. The van der Waals surface area contributed by atoms with Crippen molar-refractivity contribution in [2.45, 2.75) is 6.92 Å². The van der Waals surface area contributed by atoms with Crippen LogP contribution in [-0.4, -0.2) is 35.0 Å². The van der Waals surface area contributed by atoms with Crippen molar-refractivity contribution in [1.29, 1.82) is 5.26 Å². The number of nitriles is 1. The van der Waals surface area contributed by atoms with Gasteiger partial charge in [0.05, 0.1) is 16.5 Å². The molecule has 1 aliphatic heterocycles. The molecule has 0 saturated carbocycles. The maximum Gasteiger partial charge on any atom is 0.293 e. The smallest absolute Gasteiger partial charge is 0.293 e. The molecular formula is C21H17N3O3S. The van der Waals surface area contributed by atoms with Gasteiger partial charge in [-0.2, -0.15) is 5.26 Å². The van der Waals surface area contributed by atoms with Crippen LogP contribution in [0.1, 0.15) is 27.0 Å². The number of hydrogen-bond donors (Lipinski definition) is 1. The first-order chi connectivity index (χ1) is 13.5. The molecule has 2 aromatic rings. The van der Waals surface area contributed by atoms with Gasteiger partial charge in [0.25, 0.3) is 17.1 Å². The van der Waals surface area contributed by atoms with Crippen LogP contribution in [0.5, 0.6) is 0 Å². The van der Waals surface area contributed by atoms with E-state index in [4.69, 9.17) is 5.26 Å². The van der Waals surface area contributed by atoms with Crippen LogP contribution in [0.4, 0.5) is 4.79 Å². The Balaban J connectivity index is 1.57. The third-order valence-corrected chi connectivity index (χ3v) is 5.05. The summed E-state index contributed by atoms with van der Waals surface area (Å²) >= 11 is 0.895. The first-order valence-corrected chi connectivity index (χ1v) is 9.40. The van der Waals surface area contributed by atoms with Gasteiger partial charge in [0.15, 0.2) is 0 Å². The third kappa shape index (κ3) is 4.48. The average molecular weight is 391 g/mol. The lowest BCUT2D eigenvalue weighted by molar-refractivity contribution is -0.122. The van der Waals surface area contributed by atoms with Crippen molar-refractivity contribution in [3.63, 3.8) is 0 Å². The summed E-state index contributed by atoms with van der Waals surface area (Å²) in [7, 11) is 0. The van der Waals surface area contributed by atoms with Gasteiger partial charge < -0.3 is 5.32 Å². The molecule has 3 rings (SSSR count). The summed E-state index contributed by atoms with van der Waals surface area (Å²) in [4.78, 5) is 38.2. The summed E-state index contributed by atoms with van der Waals surface area (Å²) in [6, 6.07) is 15.9. The van der Waals surface area contributed by atoms with Crippen LogP contribution in [-0.2, 0) is 4.79 Å². The average Bonchev–Trinajstić information content (AvgIpc) is 2.97. The summed E-state index contributed by atoms with van der Waals surface area (Å²) in [6.45, 7) is 2.22. The van der Waals surface area contributed by atoms with Crippen molar-refractivity contribution in [2.24, 2.45) is 0 Å². The van der Waals surface area contributed by atoms with Crippen LogP contribution in [0.15, 0.2) is 53.4 Å². The number of carbonyl (C=O) groups is 3. The Kier molecular flexibility index (Phi) is 5.92. The Hall–Kier alpha value is -3.37. The van der Waals surface area contributed by atoms with Crippen LogP contribution in [0.25, 0.3) is 6.08 Å². The van der Waals surface area contributed by atoms with Crippen molar-refractivity contribution in [2.75, 3.05) is 13.1 Å². The van der Waals surface area contributed by atoms with Gasteiger partial charge in [-0.1, -0.05) is 29.8 Å². The molecular weight excluding hydrogens is 374 g/mol. The van der Waals surface area contributed by atoms with Crippen molar-refractivity contribution in [1.82, 2.24) is 10.2 Å². The number of nitrogens with one attached hydrogen (secondary N) is 1. The number of amides is 3. The number of rotatable bonds is 5. The molecule has 0 radical (unpaired) electrons. The van der Waals surface area contributed by atoms with E-state index in [0.717, 1.165) is 27.8 Å². The molecule has 1 fully saturated rings. The highest BCUT2D eigenvalue weighted by atomic mass is 32.2. The van der Waals surface area contributed by atoms with Gasteiger partial charge in [-0.15, -0.1) is 0 Å². The van der Waals surface area contributed by atoms with Crippen molar-refractivity contribution in [3.05, 3.63) is 75.7 Å². The van der Waals surface area contributed by atoms with Crippen LogP contribution in [0, 0.1) is 18.3 Å². The zero-order valence-corrected chi connectivity index (χ0v) is 16.0. The second-order valence-electron chi connectivity index (χ2n) is 6.19. The molecule has 1 aliphatic rings. The zero-order chi connectivity index (χ0) is 20.1. The summed E-state index contributed by atoms with van der Waals surface area (Å²) in [5, 5.41) is 11.1. The first-order valence-electron chi connectivity index (χ1n) is 8.58. The molecule has 0 bridgehead atoms. The summed E-state index contributed by atoms with van der Waals surface area (Å²) in [5.74, 6) is -0.685. The predicted octanol–water partition coefficient (Wildman–Crippen LogP) is 3.33. The number of carbonyl (C=O) groups excluding carboxylic acids is 3. The van der Waals surface area contributed by atoms with E-state index < -0.39 is 0 Å². The molecule has 0 aromatic heterocycles. The molecule has 0 spiro atoms. The fraction of sp³-hybridized carbons (Fsp3) is 0.143. The van der Waals surface area contributed by atoms with E-state index in [1.807, 2.05) is 37.3 Å². The quantitative estimate of drug-likeness (QED) is 0.790. The summed E-state index contributed by atoms with van der Waals surface area (Å²) in [5.41, 5.74) is 2.84.